The zero-order valence-electron chi connectivity index (χ0n) is 13.1. The minimum atomic E-state index is 0.762. The number of likely N-dealkylation sites (tertiary alicyclic amines) is 1. The molecular weight excluding hydrogens is 302 g/mol. The molecule has 0 unspecified atom stereocenters. The lowest BCUT2D eigenvalue weighted by Crippen LogP contribution is -2.25. The van der Waals surface area contributed by atoms with Gasteiger partial charge in [0.25, 0.3) is 0 Å². The number of nitrogens with zero attached hydrogens (tertiary/aromatic N) is 1. The van der Waals surface area contributed by atoms with Gasteiger partial charge in [-0.1, -0.05) is 24.3 Å². The molecule has 23 heavy (non-hydrogen) atoms. The maximum Gasteiger partial charge on any atom is 0.119 e. The van der Waals surface area contributed by atoms with E-state index in [2.05, 4.69) is 47.4 Å². The molecule has 1 saturated heterocycles. The van der Waals surface area contributed by atoms with Crippen LogP contribution in [0.2, 0.25) is 0 Å². The number of fused-ring (bicyclic) bond motifs is 1. The highest BCUT2D eigenvalue weighted by molar-refractivity contribution is 7.17. The van der Waals surface area contributed by atoms with E-state index in [1.165, 1.54) is 47.1 Å². The van der Waals surface area contributed by atoms with Crippen molar-refractivity contribution in [3.05, 3.63) is 53.9 Å². The van der Waals surface area contributed by atoms with Gasteiger partial charge >= 0.3 is 0 Å². The Morgan fingerprint density at radius 2 is 1.96 bits per heavy atom. The smallest absolute Gasteiger partial charge is 0.119 e. The molecule has 0 bridgehead atoms. The van der Waals surface area contributed by atoms with Gasteiger partial charge in [0, 0.05) is 22.7 Å². The van der Waals surface area contributed by atoms with Crippen molar-refractivity contribution in [3.8, 4) is 16.9 Å². The molecule has 2 aromatic carbocycles. The molecule has 1 aliphatic heterocycles. The van der Waals surface area contributed by atoms with E-state index in [9.17, 15) is 0 Å². The van der Waals surface area contributed by atoms with Crippen LogP contribution in [0.25, 0.3) is 21.2 Å². The number of benzene rings is 2. The third-order valence-electron chi connectivity index (χ3n) is 4.44. The van der Waals surface area contributed by atoms with Gasteiger partial charge in [-0.25, -0.2) is 0 Å². The Hall–Kier alpha value is -1.84. The lowest BCUT2D eigenvalue weighted by molar-refractivity contribution is 0.238. The fourth-order valence-electron chi connectivity index (χ4n) is 3.22. The largest absolute Gasteiger partial charge is 0.492 e. The maximum absolute atomic E-state index is 5.97. The van der Waals surface area contributed by atoms with Crippen molar-refractivity contribution in [2.45, 2.75) is 12.8 Å². The van der Waals surface area contributed by atoms with Crippen LogP contribution in [-0.4, -0.2) is 31.1 Å². The summed E-state index contributed by atoms with van der Waals surface area (Å²) in [7, 11) is 0. The van der Waals surface area contributed by atoms with Crippen LogP contribution < -0.4 is 4.74 Å². The molecule has 4 rings (SSSR count). The topological polar surface area (TPSA) is 12.5 Å². The zero-order valence-corrected chi connectivity index (χ0v) is 13.9. The van der Waals surface area contributed by atoms with Crippen LogP contribution in [0.4, 0.5) is 0 Å². The number of ether oxygens (including phenoxy) is 1. The summed E-state index contributed by atoms with van der Waals surface area (Å²) < 4.78 is 7.25. The molecule has 0 saturated carbocycles. The standard InChI is InChI=1S/C20H20NOS/c1-2-11-21(10-1)12-13-22-17-6-3-5-16(15-17)18-7-4-8-20-19(18)9-14-23-20/h3-8,14-15H,1-2,10-13H2. The van der Waals surface area contributed by atoms with Gasteiger partial charge < -0.3 is 4.74 Å². The minimum Gasteiger partial charge on any atom is -0.492 e. The third-order valence-corrected chi connectivity index (χ3v) is 5.27. The molecule has 3 heteroatoms. The Morgan fingerprint density at radius 1 is 1.09 bits per heavy atom. The maximum atomic E-state index is 5.97. The molecule has 1 fully saturated rings. The van der Waals surface area contributed by atoms with Gasteiger partial charge in [0.05, 0.1) is 0 Å². The van der Waals surface area contributed by atoms with Crippen molar-refractivity contribution in [2.75, 3.05) is 26.2 Å². The van der Waals surface area contributed by atoms with Crippen LogP contribution in [0.3, 0.4) is 0 Å². The summed E-state index contributed by atoms with van der Waals surface area (Å²) in [6.07, 6.45) is 2.66. The highest BCUT2D eigenvalue weighted by atomic mass is 32.1. The van der Waals surface area contributed by atoms with E-state index in [0.717, 1.165) is 18.9 Å². The Morgan fingerprint density at radius 3 is 2.87 bits per heavy atom. The summed E-state index contributed by atoms with van der Waals surface area (Å²) in [4.78, 5) is 2.48. The van der Waals surface area contributed by atoms with Crippen LogP contribution in [0.15, 0.2) is 47.8 Å². The first-order valence-corrected chi connectivity index (χ1v) is 9.12. The van der Waals surface area contributed by atoms with Crippen molar-refractivity contribution < 1.29 is 4.74 Å². The number of hydrogen-bond acceptors (Lipinski definition) is 3. The van der Waals surface area contributed by atoms with E-state index in [1.807, 2.05) is 11.4 Å². The third kappa shape index (κ3) is 3.26. The molecule has 1 radical (unpaired) electrons. The van der Waals surface area contributed by atoms with Crippen molar-refractivity contribution in [1.29, 1.82) is 0 Å². The first-order valence-electron chi connectivity index (χ1n) is 8.24. The SMILES string of the molecule is [c]1csc2cccc(-c3cccc(OCCN4CCCC4)c3)c12. The van der Waals surface area contributed by atoms with E-state index >= 15 is 0 Å². The Kier molecular flexibility index (Phi) is 4.31. The first kappa shape index (κ1) is 14.7. The number of thiophene rings is 1. The molecule has 117 valence electrons. The normalized spacial score (nSPS) is 15.3. The van der Waals surface area contributed by atoms with Gasteiger partial charge in [-0.05, 0) is 60.6 Å². The van der Waals surface area contributed by atoms with E-state index in [4.69, 9.17) is 4.74 Å². The summed E-state index contributed by atoms with van der Waals surface area (Å²) in [5.74, 6) is 0.953. The predicted molar refractivity (Wildman–Crippen MR) is 97.3 cm³/mol. The molecule has 0 spiro atoms. The van der Waals surface area contributed by atoms with Gasteiger partial charge in [-0.3, -0.25) is 4.90 Å². The van der Waals surface area contributed by atoms with Crippen molar-refractivity contribution in [1.82, 2.24) is 4.90 Å². The summed E-state index contributed by atoms with van der Waals surface area (Å²) in [5, 5.41) is 3.23. The molecule has 1 aliphatic rings. The van der Waals surface area contributed by atoms with Crippen LogP contribution in [0, 0.1) is 6.07 Å². The van der Waals surface area contributed by atoms with Crippen molar-refractivity contribution in [2.24, 2.45) is 0 Å². The molecule has 0 atom stereocenters. The predicted octanol–water partition coefficient (Wildman–Crippen LogP) is 4.84. The second kappa shape index (κ2) is 6.73. The summed E-state index contributed by atoms with van der Waals surface area (Å²) in [6.45, 7) is 4.23. The van der Waals surface area contributed by atoms with E-state index in [-0.39, 0.29) is 0 Å². The average Bonchev–Trinajstić information content (AvgIpc) is 3.26. The fraction of sp³-hybridized carbons (Fsp3) is 0.300. The van der Waals surface area contributed by atoms with Gasteiger partial charge in [0.2, 0.25) is 0 Å². The van der Waals surface area contributed by atoms with Gasteiger partial charge in [-0.15, -0.1) is 11.3 Å². The molecular formula is C20H20NOS. The van der Waals surface area contributed by atoms with Crippen LogP contribution in [0.5, 0.6) is 5.75 Å². The van der Waals surface area contributed by atoms with Gasteiger partial charge in [-0.2, -0.15) is 0 Å². The highest BCUT2D eigenvalue weighted by Crippen LogP contribution is 2.32. The molecule has 0 aliphatic carbocycles. The molecule has 2 nitrogen and oxygen atoms in total. The molecule has 3 aromatic rings. The zero-order chi connectivity index (χ0) is 15.5. The van der Waals surface area contributed by atoms with Crippen LogP contribution in [-0.2, 0) is 0 Å². The van der Waals surface area contributed by atoms with Crippen molar-refractivity contribution in [3.63, 3.8) is 0 Å². The van der Waals surface area contributed by atoms with Crippen molar-refractivity contribution >= 4 is 21.4 Å². The Balaban J connectivity index is 1.50. The Bertz CT molecular complexity index is 789. The summed E-state index contributed by atoms with van der Waals surface area (Å²) in [5.41, 5.74) is 2.43. The number of rotatable bonds is 5. The molecule has 0 N–H and O–H groups in total. The molecule has 2 heterocycles. The second-order valence-corrected chi connectivity index (χ2v) is 6.90. The van der Waals surface area contributed by atoms with E-state index in [1.54, 1.807) is 11.3 Å². The average molecular weight is 322 g/mol. The highest BCUT2D eigenvalue weighted by Gasteiger charge is 2.11. The van der Waals surface area contributed by atoms with Gasteiger partial charge in [0.15, 0.2) is 0 Å². The Labute approximate surface area is 141 Å². The number of hydrogen-bond donors (Lipinski definition) is 0. The minimum absolute atomic E-state index is 0.762. The second-order valence-electron chi connectivity index (χ2n) is 5.98. The van der Waals surface area contributed by atoms with Crippen LogP contribution >= 0.6 is 11.3 Å². The first-order chi connectivity index (χ1) is 11.4. The fourth-order valence-corrected chi connectivity index (χ4v) is 3.97. The van der Waals surface area contributed by atoms with Gasteiger partial charge in [0.1, 0.15) is 12.4 Å². The summed E-state index contributed by atoms with van der Waals surface area (Å²) in [6, 6.07) is 18.2. The monoisotopic (exact) mass is 322 g/mol. The molecule has 1 aromatic heterocycles. The summed E-state index contributed by atoms with van der Waals surface area (Å²) >= 11 is 1.74. The van der Waals surface area contributed by atoms with Crippen LogP contribution in [0.1, 0.15) is 12.8 Å². The van der Waals surface area contributed by atoms with E-state index < -0.39 is 0 Å². The lowest BCUT2D eigenvalue weighted by atomic mass is 10.0. The lowest BCUT2D eigenvalue weighted by Gasteiger charge is -2.15. The van der Waals surface area contributed by atoms with E-state index in [0.29, 0.717) is 0 Å². The quantitative estimate of drug-likeness (QED) is 0.666. The molecule has 0 amide bonds.